The van der Waals surface area contributed by atoms with Crippen LogP contribution in [0.2, 0.25) is 0 Å². The molecule has 3 rings (SSSR count). The van der Waals surface area contributed by atoms with Crippen molar-refractivity contribution in [3.8, 4) is 0 Å². The Morgan fingerprint density at radius 1 is 1.12 bits per heavy atom. The smallest absolute Gasteiger partial charge is 0.255 e. The molecule has 126 valence electrons. The van der Waals surface area contributed by atoms with Gasteiger partial charge in [0.25, 0.3) is 5.91 Å². The van der Waals surface area contributed by atoms with E-state index in [4.69, 9.17) is 0 Å². The SMILES string of the molecule is Cc1cc(N2CCCCC2)ccc1NC(=O)c1cccc(CBr)c1. The number of anilines is 2. The fraction of sp³-hybridized carbons (Fsp3) is 0.350. The van der Waals surface area contributed by atoms with Crippen molar-refractivity contribution in [3.63, 3.8) is 0 Å². The zero-order valence-electron chi connectivity index (χ0n) is 14.0. The Kier molecular flexibility index (Phi) is 5.56. The largest absolute Gasteiger partial charge is 0.372 e. The van der Waals surface area contributed by atoms with E-state index in [-0.39, 0.29) is 5.91 Å². The van der Waals surface area contributed by atoms with Crippen LogP contribution in [0.5, 0.6) is 0 Å². The summed E-state index contributed by atoms with van der Waals surface area (Å²) in [5, 5.41) is 3.78. The van der Waals surface area contributed by atoms with Crippen molar-refractivity contribution in [3.05, 3.63) is 59.2 Å². The van der Waals surface area contributed by atoms with Crippen LogP contribution >= 0.6 is 15.9 Å². The molecule has 1 N–H and O–H groups in total. The first-order valence-electron chi connectivity index (χ1n) is 8.49. The molecule has 0 bridgehead atoms. The van der Waals surface area contributed by atoms with Crippen LogP contribution in [-0.4, -0.2) is 19.0 Å². The third kappa shape index (κ3) is 3.99. The van der Waals surface area contributed by atoms with Crippen LogP contribution < -0.4 is 10.2 Å². The lowest BCUT2D eigenvalue weighted by molar-refractivity contribution is 0.102. The molecule has 1 aliphatic heterocycles. The van der Waals surface area contributed by atoms with Crippen molar-refractivity contribution in [1.29, 1.82) is 0 Å². The van der Waals surface area contributed by atoms with Crippen LogP contribution in [0.1, 0.15) is 40.7 Å². The van der Waals surface area contributed by atoms with Crippen LogP contribution in [0.15, 0.2) is 42.5 Å². The Bertz CT molecular complexity index is 723. The lowest BCUT2D eigenvalue weighted by Crippen LogP contribution is -2.29. The second-order valence-corrected chi connectivity index (χ2v) is 6.90. The molecule has 0 aliphatic carbocycles. The van der Waals surface area contributed by atoms with Gasteiger partial charge in [-0.1, -0.05) is 28.1 Å². The molecule has 0 unspecified atom stereocenters. The molecule has 3 nitrogen and oxygen atoms in total. The highest BCUT2D eigenvalue weighted by Gasteiger charge is 2.13. The Hall–Kier alpha value is -1.81. The lowest BCUT2D eigenvalue weighted by Gasteiger charge is -2.29. The Balaban J connectivity index is 1.73. The fourth-order valence-electron chi connectivity index (χ4n) is 3.13. The average Bonchev–Trinajstić information content (AvgIpc) is 2.64. The van der Waals surface area contributed by atoms with Gasteiger partial charge in [-0.2, -0.15) is 0 Å². The maximum Gasteiger partial charge on any atom is 0.255 e. The zero-order chi connectivity index (χ0) is 16.9. The molecule has 0 atom stereocenters. The van der Waals surface area contributed by atoms with Gasteiger partial charge >= 0.3 is 0 Å². The van der Waals surface area contributed by atoms with Gasteiger partial charge in [-0.3, -0.25) is 4.79 Å². The van der Waals surface area contributed by atoms with Gasteiger partial charge in [-0.05, 0) is 67.6 Å². The number of aryl methyl sites for hydroxylation is 1. The number of rotatable bonds is 4. The molecular weight excluding hydrogens is 364 g/mol. The maximum atomic E-state index is 12.5. The van der Waals surface area contributed by atoms with Gasteiger partial charge in [0.2, 0.25) is 0 Å². The summed E-state index contributed by atoms with van der Waals surface area (Å²) < 4.78 is 0. The number of piperidine rings is 1. The molecule has 0 aromatic heterocycles. The van der Waals surface area contributed by atoms with Crippen molar-refractivity contribution in [2.75, 3.05) is 23.3 Å². The van der Waals surface area contributed by atoms with Crippen LogP contribution in [0.25, 0.3) is 0 Å². The number of carbonyl (C=O) groups is 1. The quantitative estimate of drug-likeness (QED) is 0.738. The van der Waals surface area contributed by atoms with Crippen LogP contribution in [0.3, 0.4) is 0 Å². The van der Waals surface area contributed by atoms with Gasteiger partial charge in [0, 0.05) is 35.4 Å². The average molecular weight is 387 g/mol. The van der Waals surface area contributed by atoms with Crippen LogP contribution in [0, 0.1) is 6.92 Å². The van der Waals surface area contributed by atoms with Crippen LogP contribution in [-0.2, 0) is 5.33 Å². The summed E-state index contributed by atoms with van der Waals surface area (Å²) >= 11 is 3.43. The number of halogens is 1. The summed E-state index contributed by atoms with van der Waals surface area (Å²) in [5.74, 6) is -0.0633. The van der Waals surface area contributed by atoms with Crippen molar-refractivity contribution in [2.24, 2.45) is 0 Å². The molecular formula is C20H23BrN2O. The van der Waals surface area contributed by atoms with Gasteiger partial charge in [0.05, 0.1) is 0 Å². The number of nitrogens with zero attached hydrogens (tertiary/aromatic N) is 1. The molecule has 1 heterocycles. The second kappa shape index (κ2) is 7.84. The van der Waals surface area contributed by atoms with Gasteiger partial charge < -0.3 is 10.2 Å². The third-order valence-corrected chi connectivity index (χ3v) is 5.17. The molecule has 0 spiro atoms. The fourth-order valence-corrected chi connectivity index (χ4v) is 3.48. The monoisotopic (exact) mass is 386 g/mol. The summed E-state index contributed by atoms with van der Waals surface area (Å²) in [6, 6.07) is 14.0. The first kappa shape index (κ1) is 17.0. The van der Waals surface area contributed by atoms with Gasteiger partial charge in [-0.15, -0.1) is 0 Å². The Morgan fingerprint density at radius 3 is 2.62 bits per heavy atom. The van der Waals surface area contributed by atoms with E-state index in [9.17, 15) is 4.79 Å². The molecule has 1 amide bonds. The van der Waals surface area contributed by atoms with Crippen molar-refractivity contribution in [2.45, 2.75) is 31.5 Å². The lowest BCUT2D eigenvalue weighted by atomic mass is 10.1. The number of carbonyl (C=O) groups excluding carboxylic acids is 1. The van der Waals surface area contributed by atoms with Crippen LogP contribution in [0.4, 0.5) is 11.4 Å². The number of hydrogen-bond donors (Lipinski definition) is 1. The van der Waals surface area contributed by atoms with Crippen molar-refractivity contribution < 1.29 is 4.79 Å². The molecule has 1 aliphatic rings. The number of nitrogens with one attached hydrogen (secondary N) is 1. The summed E-state index contributed by atoms with van der Waals surface area (Å²) in [5.41, 5.74) is 5.02. The molecule has 1 saturated heterocycles. The number of hydrogen-bond acceptors (Lipinski definition) is 2. The molecule has 24 heavy (non-hydrogen) atoms. The predicted octanol–water partition coefficient (Wildman–Crippen LogP) is 5.13. The minimum atomic E-state index is -0.0633. The van der Waals surface area contributed by atoms with E-state index in [0.29, 0.717) is 5.56 Å². The zero-order valence-corrected chi connectivity index (χ0v) is 15.6. The summed E-state index contributed by atoms with van der Waals surface area (Å²) in [6.07, 6.45) is 3.86. The van der Waals surface area contributed by atoms with Crippen molar-refractivity contribution in [1.82, 2.24) is 0 Å². The maximum absolute atomic E-state index is 12.5. The third-order valence-electron chi connectivity index (χ3n) is 4.52. The molecule has 1 fully saturated rings. The highest BCUT2D eigenvalue weighted by Crippen LogP contribution is 2.25. The number of alkyl halides is 1. The normalized spacial score (nSPS) is 14.5. The van der Waals surface area contributed by atoms with Gasteiger partial charge in [0.15, 0.2) is 0 Å². The standard InChI is InChI=1S/C20H23BrN2O/c1-15-12-18(23-10-3-2-4-11-23)8-9-19(15)22-20(24)17-7-5-6-16(13-17)14-21/h5-9,12-13H,2-4,10-11,14H2,1H3,(H,22,24). The van der Waals surface area contributed by atoms with Gasteiger partial charge in [-0.25, -0.2) is 0 Å². The first-order valence-corrected chi connectivity index (χ1v) is 9.61. The number of benzene rings is 2. The molecule has 0 saturated carbocycles. The van der Waals surface area contributed by atoms with E-state index in [2.05, 4.69) is 45.2 Å². The summed E-state index contributed by atoms with van der Waals surface area (Å²) in [7, 11) is 0. The second-order valence-electron chi connectivity index (χ2n) is 6.34. The number of amides is 1. The van der Waals surface area contributed by atoms with E-state index in [0.717, 1.165) is 35.2 Å². The predicted molar refractivity (Wildman–Crippen MR) is 104 cm³/mol. The van der Waals surface area contributed by atoms with E-state index in [1.807, 2.05) is 30.3 Å². The molecule has 2 aromatic rings. The Morgan fingerprint density at radius 2 is 1.92 bits per heavy atom. The molecule has 0 radical (unpaired) electrons. The topological polar surface area (TPSA) is 32.3 Å². The summed E-state index contributed by atoms with van der Waals surface area (Å²) in [4.78, 5) is 14.9. The minimum absolute atomic E-state index is 0.0633. The highest BCUT2D eigenvalue weighted by atomic mass is 79.9. The van der Waals surface area contributed by atoms with E-state index >= 15 is 0 Å². The van der Waals surface area contributed by atoms with E-state index < -0.39 is 0 Å². The Labute approximate surface area is 152 Å². The molecule has 4 heteroatoms. The van der Waals surface area contributed by atoms with E-state index in [1.54, 1.807) is 0 Å². The van der Waals surface area contributed by atoms with Gasteiger partial charge in [0.1, 0.15) is 0 Å². The minimum Gasteiger partial charge on any atom is -0.372 e. The highest BCUT2D eigenvalue weighted by molar-refractivity contribution is 9.08. The van der Waals surface area contributed by atoms with Crippen molar-refractivity contribution >= 4 is 33.2 Å². The van der Waals surface area contributed by atoms with E-state index in [1.165, 1.54) is 24.9 Å². The first-order chi connectivity index (χ1) is 11.7. The molecule has 2 aromatic carbocycles. The summed E-state index contributed by atoms with van der Waals surface area (Å²) in [6.45, 7) is 4.31.